The summed E-state index contributed by atoms with van der Waals surface area (Å²) in [5.74, 6) is 0.00750. The highest BCUT2D eigenvalue weighted by Gasteiger charge is 2.11. The number of aromatic nitrogens is 1. The number of hydrogen-bond acceptors (Lipinski definition) is 3. The molecule has 0 atom stereocenters. The Bertz CT molecular complexity index is 488. The number of aryl methyl sites for hydroxylation is 2. The van der Waals surface area contributed by atoms with E-state index in [-0.39, 0.29) is 5.78 Å². The zero-order valence-electron chi connectivity index (χ0n) is 8.65. The van der Waals surface area contributed by atoms with Gasteiger partial charge in [-0.3, -0.25) is 9.78 Å². The van der Waals surface area contributed by atoms with Gasteiger partial charge in [-0.25, -0.2) is 0 Å². The van der Waals surface area contributed by atoms with Crippen LogP contribution in [-0.2, 0) is 0 Å². The summed E-state index contributed by atoms with van der Waals surface area (Å²) in [4.78, 5) is 16.8. The first-order valence-electron chi connectivity index (χ1n) is 4.70. The van der Waals surface area contributed by atoms with Crippen LogP contribution in [-0.4, -0.2) is 10.8 Å². The first-order chi connectivity index (χ1) is 7.18. The molecular formula is C12H11NOS. The first-order valence-corrected chi connectivity index (χ1v) is 5.58. The molecule has 15 heavy (non-hydrogen) atoms. The molecule has 0 aliphatic heterocycles. The van der Waals surface area contributed by atoms with Crippen molar-refractivity contribution in [3.63, 3.8) is 0 Å². The van der Waals surface area contributed by atoms with Crippen LogP contribution in [0.1, 0.15) is 26.5 Å². The van der Waals surface area contributed by atoms with Crippen LogP contribution < -0.4 is 0 Å². The standard InChI is InChI=1S/C12H11NOS/c1-8-6-10(13-7-9(8)2)12(14)11-4-3-5-15-11/h3-7H,1-2H3. The molecule has 0 unspecified atom stereocenters. The van der Waals surface area contributed by atoms with E-state index in [1.165, 1.54) is 11.3 Å². The van der Waals surface area contributed by atoms with E-state index in [4.69, 9.17) is 0 Å². The second-order valence-electron chi connectivity index (χ2n) is 3.46. The van der Waals surface area contributed by atoms with Crippen molar-refractivity contribution >= 4 is 17.1 Å². The van der Waals surface area contributed by atoms with Gasteiger partial charge in [0.1, 0.15) is 5.69 Å². The number of carbonyl (C=O) groups excluding carboxylic acids is 1. The highest BCUT2D eigenvalue weighted by Crippen LogP contribution is 2.15. The molecule has 2 heterocycles. The maximum atomic E-state index is 11.9. The van der Waals surface area contributed by atoms with Gasteiger partial charge in [-0.2, -0.15) is 0 Å². The van der Waals surface area contributed by atoms with Crippen LogP contribution in [0.15, 0.2) is 29.8 Å². The highest BCUT2D eigenvalue weighted by molar-refractivity contribution is 7.12. The number of pyridine rings is 1. The fourth-order valence-electron chi connectivity index (χ4n) is 1.28. The minimum atomic E-state index is 0.00750. The van der Waals surface area contributed by atoms with Crippen LogP contribution in [0.3, 0.4) is 0 Å². The Morgan fingerprint density at radius 3 is 2.73 bits per heavy atom. The Morgan fingerprint density at radius 2 is 2.13 bits per heavy atom. The average molecular weight is 217 g/mol. The lowest BCUT2D eigenvalue weighted by Crippen LogP contribution is -2.02. The average Bonchev–Trinajstić information content (AvgIpc) is 2.74. The minimum absolute atomic E-state index is 0.00750. The zero-order chi connectivity index (χ0) is 10.8. The van der Waals surface area contributed by atoms with Gasteiger partial charge in [0.05, 0.1) is 4.88 Å². The van der Waals surface area contributed by atoms with E-state index in [2.05, 4.69) is 4.98 Å². The number of ketones is 1. The molecule has 76 valence electrons. The monoisotopic (exact) mass is 217 g/mol. The molecule has 2 nitrogen and oxygen atoms in total. The van der Waals surface area contributed by atoms with Gasteiger partial charge in [0, 0.05) is 6.20 Å². The first kappa shape index (κ1) is 10.1. The predicted octanol–water partition coefficient (Wildman–Crippen LogP) is 2.99. The Kier molecular flexibility index (Phi) is 2.64. The molecule has 0 saturated heterocycles. The molecule has 0 saturated carbocycles. The molecular weight excluding hydrogens is 206 g/mol. The molecule has 0 aliphatic carbocycles. The third-order valence-corrected chi connectivity index (χ3v) is 3.22. The summed E-state index contributed by atoms with van der Waals surface area (Å²) in [5, 5.41) is 1.90. The van der Waals surface area contributed by atoms with Crippen molar-refractivity contribution in [2.45, 2.75) is 13.8 Å². The van der Waals surface area contributed by atoms with Crippen molar-refractivity contribution in [2.75, 3.05) is 0 Å². The fourth-order valence-corrected chi connectivity index (χ4v) is 1.96. The Morgan fingerprint density at radius 1 is 1.33 bits per heavy atom. The van der Waals surface area contributed by atoms with E-state index in [0.29, 0.717) is 5.69 Å². The molecule has 3 heteroatoms. The SMILES string of the molecule is Cc1cnc(C(=O)c2cccs2)cc1C. The van der Waals surface area contributed by atoms with E-state index < -0.39 is 0 Å². The number of rotatable bonds is 2. The van der Waals surface area contributed by atoms with Gasteiger partial charge >= 0.3 is 0 Å². The summed E-state index contributed by atoms with van der Waals surface area (Å²) in [6.07, 6.45) is 1.75. The zero-order valence-corrected chi connectivity index (χ0v) is 9.47. The number of nitrogens with zero attached hydrogens (tertiary/aromatic N) is 1. The minimum Gasteiger partial charge on any atom is -0.286 e. The summed E-state index contributed by atoms with van der Waals surface area (Å²) in [6.45, 7) is 3.98. The normalized spacial score (nSPS) is 10.3. The lowest BCUT2D eigenvalue weighted by molar-refractivity contribution is 0.103. The lowest BCUT2D eigenvalue weighted by Gasteiger charge is -2.01. The Labute approximate surface area is 92.6 Å². The van der Waals surface area contributed by atoms with Gasteiger partial charge < -0.3 is 0 Å². The predicted molar refractivity (Wildman–Crippen MR) is 61.5 cm³/mol. The number of hydrogen-bond donors (Lipinski definition) is 0. The van der Waals surface area contributed by atoms with Crippen LogP contribution in [0.5, 0.6) is 0 Å². The smallest absolute Gasteiger partial charge is 0.221 e. The number of carbonyl (C=O) groups is 1. The van der Waals surface area contributed by atoms with Gasteiger partial charge in [0.15, 0.2) is 0 Å². The van der Waals surface area contributed by atoms with E-state index in [0.717, 1.165) is 16.0 Å². The van der Waals surface area contributed by atoms with E-state index in [1.807, 2.05) is 37.4 Å². The van der Waals surface area contributed by atoms with Crippen molar-refractivity contribution in [1.29, 1.82) is 0 Å². The van der Waals surface area contributed by atoms with E-state index in [9.17, 15) is 4.79 Å². The van der Waals surface area contributed by atoms with Crippen molar-refractivity contribution in [1.82, 2.24) is 4.98 Å². The topological polar surface area (TPSA) is 30.0 Å². The number of thiophene rings is 1. The van der Waals surface area contributed by atoms with Crippen LogP contribution in [0.4, 0.5) is 0 Å². The summed E-state index contributed by atoms with van der Waals surface area (Å²) < 4.78 is 0. The molecule has 0 aromatic carbocycles. The summed E-state index contributed by atoms with van der Waals surface area (Å²) in [7, 11) is 0. The quantitative estimate of drug-likeness (QED) is 0.724. The molecule has 0 spiro atoms. The van der Waals surface area contributed by atoms with Crippen molar-refractivity contribution < 1.29 is 4.79 Å². The van der Waals surface area contributed by atoms with Crippen molar-refractivity contribution in [3.05, 3.63) is 51.5 Å². The molecule has 2 rings (SSSR count). The second kappa shape index (κ2) is 3.95. The summed E-state index contributed by atoms with van der Waals surface area (Å²) in [5.41, 5.74) is 2.74. The fraction of sp³-hybridized carbons (Fsp3) is 0.167. The lowest BCUT2D eigenvalue weighted by atomic mass is 10.1. The van der Waals surface area contributed by atoms with Gasteiger partial charge in [0.25, 0.3) is 0 Å². The third-order valence-electron chi connectivity index (χ3n) is 2.35. The molecule has 0 bridgehead atoms. The summed E-state index contributed by atoms with van der Waals surface area (Å²) >= 11 is 1.45. The molecule has 0 radical (unpaired) electrons. The van der Waals surface area contributed by atoms with E-state index >= 15 is 0 Å². The van der Waals surface area contributed by atoms with Gasteiger partial charge in [-0.15, -0.1) is 11.3 Å². The Balaban J connectivity index is 2.39. The van der Waals surface area contributed by atoms with Crippen LogP contribution in [0.2, 0.25) is 0 Å². The largest absolute Gasteiger partial charge is 0.286 e. The molecule has 0 amide bonds. The second-order valence-corrected chi connectivity index (χ2v) is 4.41. The molecule has 0 aliphatic rings. The van der Waals surface area contributed by atoms with Crippen molar-refractivity contribution in [2.24, 2.45) is 0 Å². The molecule has 2 aromatic heterocycles. The van der Waals surface area contributed by atoms with Gasteiger partial charge in [-0.05, 0) is 42.5 Å². The Hall–Kier alpha value is -1.48. The highest BCUT2D eigenvalue weighted by atomic mass is 32.1. The molecule has 2 aromatic rings. The van der Waals surface area contributed by atoms with Gasteiger partial charge in [-0.1, -0.05) is 6.07 Å². The van der Waals surface area contributed by atoms with Crippen molar-refractivity contribution in [3.8, 4) is 0 Å². The maximum absolute atomic E-state index is 11.9. The summed E-state index contributed by atoms with van der Waals surface area (Å²) in [6, 6.07) is 5.54. The van der Waals surface area contributed by atoms with Gasteiger partial charge in [0.2, 0.25) is 5.78 Å². The maximum Gasteiger partial charge on any atom is 0.221 e. The molecule has 0 fully saturated rings. The third kappa shape index (κ3) is 1.97. The van der Waals surface area contributed by atoms with Crippen LogP contribution >= 0.6 is 11.3 Å². The van der Waals surface area contributed by atoms with Crippen LogP contribution in [0.25, 0.3) is 0 Å². The van der Waals surface area contributed by atoms with E-state index in [1.54, 1.807) is 6.20 Å². The molecule has 0 N–H and O–H groups in total. The van der Waals surface area contributed by atoms with Crippen LogP contribution in [0, 0.1) is 13.8 Å².